The lowest BCUT2D eigenvalue weighted by Crippen LogP contribution is -2.43. The monoisotopic (exact) mass is 362 g/mol. The average Bonchev–Trinajstić information content (AvgIpc) is 2.55. The van der Waals surface area contributed by atoms with Crippen molar-refractivity contribution in [3.05, 3.63) is 0 Å². The average molecular weight is 362 g/mol. The third-order valence-electron chi connectivity index (χ3n) is 3.23. The highest BCUT2D eigenvalue weighted by atomic mass is 16.7. The first-order valence-electron chi connectivity index (χ1n) is 8.68. The van der Waals surface area contributed by atoms with E-state index in [1.807, 2.05) is 0 Å². The Morgan fingerprint density at radius 3 is 1.48 bits per heavy atom. The molecule has 0 aromatic rings. The summed E-state index contributed by atoms with van der Waals surface area (Å²) in [7, 11) is 0. The first-order chi connectivity index (χ1) is 12.0. The van der Waals surface area contributed by atoms with Crippen LogP contribution in [0.15, 0.2) is 0 Å². The number of hydrogen-bond acceptors (Lipinski definition) is 8. The zero-order chi connectivity index (χ0) is 19.2. The number of hydrogen-bond donors (Lipinski definition) is 0. The molecule has 0 saturated heterocycles. The van der Waals surface area contributed by atoms with Crippen LogP contribution in [-0.4, -0.2) is 57.2 Å². The summed E-state index contributed by atoms with van der Waals surface area (Å²) < 4.78 is 26.0. The van der Waals surface area contributed by atoms with E-state index >= 15 is 0 Å². The summed E-state index contributed by atoms with van der Waals surface area (Å²) in [6.45, 7) is 9.35. The van der Waals surface area contributed by atoms with E-state index in [1.54, 1.807) is 34.6 Å². The van der Waals surface area contributed by atoms with Crippen LogP contribution < -0.4 is 0 Å². The lowest BCUT2D eigenvalue weighted by atomic mass is 9.88. The lowest BCUT2D eigenvalue weighted by molar-refractivity contribution is -0.199. The number of carbonyl (C=O) groups is 3. The van der Waals surface area contributed by atoms with Gasteiger partial charge in [0.2, 0.25) is 0 Å². The van der Waals surface area contributed by atoms with Crippen LogP contribution in [0.2, 0.25) is 0 Å². The van der Waals surface area contributed by atoms with Gasteiger partial charge in [0.25, 0.3) is 0 Å². The Morgan fingerprint density at radius 1 is 0.680 bits per heavy atom. The molecule has 0 radical (unpaired) electrons. The first-order valence-corrected chi connectivity index (χ1v) is 8.68. The van der Waals surface area contributed by atoms with Gasteiger partial charge >= 0.3 is 17.9 Å². The van der Waals surface area contributed by atoms with Crippen LogP contribution >= 0.6 is 0 Å². The number of carbonyl (C=O) groups excluding carboxylic acids is 3. The van der Waals surface area contributed by atoms with E-state index in [2.05, 4.69) is 0 Å². The summed E-state index contributed by atoms with van der Waals surface area (Å²) >= 11 is 0. The molecule has 0 saturated carbocycles. The summed E-state index contributed by atoms with van der Waals surface area (Å²) in [5.41, 5.74) is 0. The molecule has 1 unspecified atom stereocenters. The molecule has 0 amide bonds. The van der Waals surface area contributed by atoms with Gasteiger partial charge in [0.15, 0.2) is 12.2 Å². The van der Waals surface area contributed by atoms with Gasteiger partial charge in [0.05, 0.1) is 26.2 Å². The van der Waals surface area contributed by atoms with Gasteiger partial charge in [-0.15, -0.1) is 0 Å². The number of esters is 3. The molecule has 8 nitrogen and oxygen atoms in total. The van der Waals surface area contributed by atoms with Crippen LogP contribution in [0.5, 0.6) is 0 Å². The zero-order valence-corrected chi connectivity index (χ0v) is 15.7. The number of rotatable bonds is 13. The predicted octanol–water partition coefficient (Wildman–Crippen LogP) is 1.70. The van der Waals surface area contributed by atoms with E-state index in [0.29, 0.717) is 0 Å². The summed E-state index contributed by atoms with van der Waals surface area (Å²) in [5.74, 6) is -4.38. The molecule has 0 fully saturated rings. The standard InChI is InChI=1S/C17H30O8/c1-6-21-13(18)11-12(17(24-9-4)25-10-5)14(15(19)22-7-2)16(20)23-8-3/h12,14,17H,6-11H2,1-5H3. The van der Waals surface area contributed by atoms with Crippen molar-refractivity contribution in [1.29, 1.82) is 0 Å². The Balaban J connectivity index is 5.71. The molecule has 0 rings (SSSR count). The van der Waals surface area contributed by atoms with E-state index < -0.39 is 36.0 Å². The lowest BCUT2D eigenvalue weighted by Gasteiger charge is -2.30. The van der Waals surface area contributed by atoms with E-state index in [0.717, 1.165) is 0 Å². The van der Waals surface area contributed by atoms with E-state index in [1.165, 1.54) is 0 Å². The maximum Gasteiger partial charge on any atom is 0.320 e. The van der Waals surface area contributed by atoms with Crippen molar-refractivity contribution in [3.63, 3.8) is 0 Å². The normalized spacial score (nSPS) is 12.1. The largest absolute Gasteiger partial charge is 0.466 e. The molecule has 1 atom stereocenters. The van der Waals surface area contributed by atoms with Crippen molar-refractivity contribution in [1.82, 2.24) is 0 Å². The highest BCUT2D eigenvalue weighted by Gasteiger charge is 2.44. The van der Waals surface area contributed by atoms with Crippen LogP contribution in [0, 0.1) is 11.8 Å². The SMILES string of the molecule is CCOC(=O)CC(C(OCC)OCC)C(C(=O)OCC)C(=O)OCC. The quantitative estimate of drug-likeness (QED) is 0.211. The number of ether oxygens (including phenoxy) is 5. The first kappa shape index (κ1) is 23.3. The van der Waals surface area contributed by atoms with Gasteiger partial charge in [-0.1, -0.05) is 0 Å². The zero-order valence-electron chi connectivity index (χ0n) is 15.7. The van der Waals surface area contributed by atoms with Crippen molar-refractivity contribution in [2.45, 2.75) is 47.3 Å². The molecule has 0 aromatic heterocycles. The molecule has 25 heavy (non-hydrogen) atoms. The molecular weight excluding hydrogens is 332 g/mol. The fraction of sp³-hybridized carbons (Fsp3) is 0.824. The minimum Gasteiger partial charge on any atom is -0.466 e. The maximum absolute atomic E-state index is 12.4. The fourth-order valence-electron chi connectivity index (χ4n) is 2.32. The topological polar surface area (TPSA) is 97.4 Å². The highest BCUT2D eigenvalue weighted by Crippen LogP contribution is 2.27. The molecule has 0 spiro atoms. The third kappa shape index (κ3) is 8.31. The van der Waals surface area contributed by atoms with Gasteiger partial charge in [0.1, 0.15) is 0 Å². The maximum atomic E-state index is 12.4. The van der Waals surface area contributed by atoms with Crippen molar-refractivity contribution in [2.24, 2.45) is 11.8 Å². The van der Waals surface area contributed by atoms with E-state index in [-0.39, 0.29) is 39.5 Å². The second-order valence-corrected chi connectivity index (χ2v) is 4.93. The molecule has 0 heterocycles. The summed E-state index contributed by atoms with van der Waals surface area (Å²) in [5, 5.41) is 0. The molecule has 0 N–H and O–H groups in total. The minimum absolute atomic E-state index is 0.0921. The van der Waals surface area contributed by atoms with Crippen molar-refractivity contribution < 1.29 is 38.1 Å². The Bertz CT molecular complexity index is 385. The molecular formula is C17H30O8. The van der Waals surface area contributed by atoms with Crippen molar-refractivity contribution in [3.8, 4) is 0 Å². The molecule has 0 aliphatic carbocycles. The van der Waals surface area contributed by atoms with Crippen LogP contribution in [0.3, 0.4) is 0 Å². The molecule has 8 heteroatoms. The Hall–Kier alpha value is -1.67. The van der Waals surface area contributed by atoms with E-state index in [9.17, 15) is 14.4 Å². The van der Waals surface area contributed by atoms with Gasteiger partial charge < -0.3 is 23.7 Å². The molecule has 0 aliphatic heterocycles. The molecule has 0 bridgehead atoms. The van der Waals surface area contributed by atoms with Crippen LogP contribution in [0.25, 0.3) is 0 Å². The Kier molecular flexibility index (Phi) is 12.7. The summed E-state index contributed by atoms with van der Waals surface area (Å²) in [6, 6.07) is 0. The molecule has 0 aromatic carbocycles. The van der Waals surface area contributed by atoms with Crippen molar-refractivity contribution >= 4 is 17.9 Å². The van der Waals surface area contributed by atoms with Crippen LogP contribution in [0.4, 0.5) is 0 Å². The molecule has 0 aliphatic rings. The van der Waals surface area contributed by atoms with Gasteiger partial charge in [-0.3, -0.25) is 14.4 Å². The summed E-state index contributed by atoms with van der Waals surface area (Å²) in [4.78, 5) is 36.7. The van der Waals surface area contributed by atoms with Gasteiger partial charge in [-0.2, -0.15) is 0 Å². The van der Waals surface area contributed by atoms with E-state index in [4.69, 9.17) is 23.7 Å². The van der Waals surface area contributed by atoms with Gasteiger partial charge in [0, 0.05) is 19.1 Å². The highest BCUT2D eigenvalue weighted by molar-refractivity contribution is 5.95. The fourth-order valence-corrected chi connectivity index (χ4v) is 2.32. The van der Waals surface area contributed by atoms with Gasteiger partial charge in [-0.05, 0) is 34.6 Å². The second-order valence-electron chi connectivity index (χ2n) is 4.93. The van der Waals surface area contributed by atoms with Crippen LogP contribution in [0.1, 0.15) is 41.0 Å². The Labute approximate surface area is 149 Å². The third-order valence-corrected chi connectivity index (χ3v) is 3.23. The van der Waals surface area contributed by atoms with Crippen LogP contribution in [-0.2, 0) is 38.1 Å². The van der Waals surface area contributed by atoms with Gasteiger partial charge in [-0.25, -0.2) is 0 Å². The van der Waals surface area contributed by atoms with Crippen molar-refractivity contribution in [2.75, 3.05) is 33.0 Å². The summed E-state index contributed by atoms with van der Waals surface area (Å²) in [6.07, 6.45) is -1.18. The second kappa shape index (κ2) is 13.6. The Morgan fingerprint density at radius 2 is 1.12 bits per heavy atom. The smallest absolute Gasteiger partial charge is 0.320 e. The predicted molar refractivity (Wildman–Crippen MR) is 88.5 cm³/mol. The minimum atomic E-state index is -1.34. The molecule has 146 valence electrons.